The number of ether oxygens (including phenoxy) is 3. The monoisotopic (exact) mass is 522 g/mol. The quantitative estimate of drug-likeness (QED) is 0.264. The van der Waals surface area contributed by atoms with Crippen molar-refractivity contribution in [3.8, 4) is 0 Å². The zero-order chi connectivity index (χ0) is 28.9. The molecule has 0 aromatic heterocycles. The van der Waals surface area contributed by atoms with Crippen molar-refractivity contribution >= 4 is 29.8 Å². The van der Waals surface area contributed by atoms with Crippen LogP contribution in [0.2, 0.25) is 1.41 Å². The second-order valence-electron chi connectivity index (χ2n) is 9.57. The maximum absolute atomic E-state index is 13.2. The standard InChI is InChI=1S/C26H39N3O8/c1-7-35-21(31)14-13-19(24(33)36-16-18-11-9-8-10-12-18)28-23(32)22(17(2)3)29-20(30)15-27-25(34)37-26(4,5)6/h8-12,17,19,22H,7,13-16H2,1-6H3,(H,27,34)(H,28,32)(H,29,30)/t19-,22-/m0/s1/i/hD. The summed E-state index contributed by atoms with van der Waals surface area (Å²) in [4.78, 5) is 62.3. The average Bonchev–Trinajstić information content (AvgIpc) is 2.83. The molecule has 1 aromatic rings. The first-order valence-corrected chi connectivity index (χ1v) is 12.2. The van der Waals surface area contributed by atoms with E-state index in [4.69, 9.17) is 15.6 Å². The van der Waals surface area contributed by atoms with E-state index in [-0.39, 0.29) is 26.1 Å². The van der Waals surface area contributed by atoms with E-state index in [2.05, 4.69) is 10.6 Å². The van der Waals surface area contributed by atoms with Crippen LogP contribution in [-0.2, 0) is 40.0 Å². The first-order valence-electron chi connectivity index (χ1n) is 12.6. The molecule has 0 radical (unpaired) electrons. The Morgan fingerprint density at radius 3 is 2.24 bits per heavy atom. The lowest BCUT2D eigenvalue weighted by molar-refractivity contribution is -0.150. The number of hydrogen-bond donors (Lipinski definition) is 3. The van der Waals surface area contributed by atoms with Gasteiger partial charge < -0.3 is 30.2 Å². The summed E-state index contributed by atoms with van der Waals surface area (Å²) in [6.45, 7) is 9.43. The van der Waals surface area contributed by atoms with Crippen LogP contribution in [0, 0.1) is 5.92 Å². The molecule has 0 saturated heterocycles. The van der Waals surface area contributed by atoms with Gasteiger partial charge in [0.2, 0.25) is 11.8 Å². The summed E-state index contributed by atoms with van der Waals surface area (Å²) in [5.74, 6) is -3.49. The molecule has 0 fully saturated rings. The maximum atomic E-state index is 13.2. The summed E-state index contributed by atoms with van der Waals surface area (Å²) >= 11 is 0. The predicted octanol–water partition coefficient (Wildman–Crippen LogP) is 2.22. The number of carbonyl (C=O) groups is 5. The summed E-state index contributed by atoms with van der Waals surface area (Å²) in [5.41, 5.74) is -0.0428. The number of benzene rings is 1. The van der Waals surface area contributed by atoms with Gasteiger partial charge in [0.15, 0.2) is 1.41 Å². The smallest absolute Gasteiger partial charge is 0.408 e. The van der Waals surface area contributed by atoms with Crippen LogP contribution < -0.4 is 15.9 Å². The van der Waals surface area contributed by atoms with Crippen LogP contribution in [0.3, 0.4) is 0 Å². The lowest BCUT2D eigenvalue weighted by atomic mass is 10.0. The molecule has 0 aliphatic rings. The molecule has 1 aromatic carbocycles. The van der Waals surface area contributed by atoms with E-state index >= 15 is 0 Å². The Morgan fingerprint density at radius 2 is 1.68 bits per heavy atom. The zero-order valence-corrected chi connectivity index (χ0v) is 22.4. The SMILES string of the molecule is [2H]N(C(=O)CNC(=O)OC(C)(C)C)[C@H](C(=O)N[C@@H](CCC(=O)OCC)C(=O)OCc1ccccc1)C(C)C. The molecule has 0 aliphatic carbocycles. The van der Waals surface area contributed by atoms with E-state index < -0.39 is 60.0 Å². The highest BCUT2D eigenvalue weighted by Crippen LogP contribution is 2.09. The van der Waals surface area contributed by atoms with Gasteiger partial charge in [0.25, 0.3) is 0 Å². The van der Waals surface area contributed by atoms with E-state index in [1.807, 2.05) is 6.07 Å². The van der Waals surface area contributed by atoms with Crippen molar-refractivity contribution in [2.24, 2.45) is 5.92 Å². The van der Waals surface area contributed by atoms with Crippen LogP contribution in [0.4, 0.5) is 4.79 Å². The summed E-state index contributed by atoms with van der Waals surface area (Å²) < 4.78 is 23.5. The number of hydrogen-bond acceptors (Lipinski definition) is 8. The third-order valence-electron chi connectivity index (χ3n) is 4.73. The van der Waals surface area contributed by atoms with E-state index in [0.29, 0.717) is 5.31 Å². The van der Waals surface area contributed by atoms with Crippen LogP contribution in [0.5, 0.6) is 0 Å². The van der Waals surface area contributed by atoms with Crippen molar-refractivity contribution < 1.29 is 39.6 Å². The molecule has 11 heteroatoms. The van der Waals surface area contributed by atoms with Gasteiger partial charge in [0.05, 0.1) is 6.61 Å². The van der Waals surface area contributed by atoms with Crippen LogP contribution in [0.15, 0.2) is 30.3 Å². The molecular weight excluding hydrogens is 482 g/mol. The van der Waals surface area contributed by atoms with Gasteiger partial charge in [-0.1, -0.05) is 44.2 Å². The minimum atomic E-state index is -1.30. The van der Waals surface area contributed by atoms with E-state index in [1.54, 1.807) is 65.8 Å². The molecule has 0 aliphatic heterocycles. The molecular formula is C26H39N3O8. The van der Waals surface area contributed by atoms with Crippen LogP contribution in [-0.4, -0.2) is 60.7 Å². The van der Waals surface area contributed by atoms with Gasteiger partial charge in [-0.05, 0) is 45.6 Å². The molecule has 11 nitrogen and oxygen atoms in total. The maximum Gasteiger partial charge on any atom is 0.408 e. The molecule has 0 unspecified atom stereocenters. The molecule has 3 N–H and O–H groups in total. The number of carbonyl (C=O) groups excluding carboxylic acids is 5. The molecule has 37 heavy (non-hydrogen) atoms. The van der Waals surface area contributed by atoms with Gasteiger partial charge in [-0.2, -0.15) is 0 Å². The number of rotatable bonds is 13. The number of nitrogens with one attached hydrogen (secondary N) is 3. The van der Waals surface area contributed by atoms with Gasteiger partial charge in [0, 0.05) is 6.42 Å². The van der Waals surface area contributed by atoms with Gasteiger partial charge in [-0.15, -0.1) is 0 Å². The van der Waals surface area contributed by atoms with Gasteiger partial charge >= 0.3 is 18.0 Å². The lowest BCUT2D eigenvalue weighted by Gasteiger charge is -2.25. The highest BCUT2D eigenvalue weighted by Gasteiger charge is 2.30. The zero-order valence-electron chi connectivity index (χ0n) is 23.4. The minimum absolute atomic E-state index is 0.0432. The number of alkyl carbamates (subject to hydrolysis) is 1. The molecule has 0 spiro atoms. The highest BCUT2D eigenvalue weighted by molar-refractivity contribution is 5.92. The molecule has 0 saturated carbocycles. The Bertz CT molecular complexity index is 950. The third kappa shape index (κ3) is 13.3. The summed E-state index contributed by atoms with van der Waals surface area (Å²) in [6, 6.07) is 6.40. The predicted molar refractivity (Wildman–Crippen MR) is 135 cm³/mol. The largest absolute Gasteiger partial charge is 0.466 e. The van der Waals surface area contributed by atoms with Crippen molar-refractivity contribution in [3.63, 3.8) is 0 Å². The van der Waals surface area contributed by atoms with Gasteiger partial charge in [-0.25, -0.2) is 9.59 Å². The second-order valence-corrected chi connectivity index (χ2v) is 9.57. The normalized spacial score (nSPS) is 13.0. The topological polar surface area (TPSA) is 149 Å². The second kappa shape index (κ2) is 15.5. The van der Waals surface area contributed by atoms with Crippen molar-refractivity contribution in [2.45, 2.75) is 78.7 Å². The van der Waals surface area contributed by atoms with Gasteiger partial charge in [-0.3, -0.25) is 14.4 Å². The van der Waals surface area contributed by atoms with E-state index in [0.717, 1.165) is 5.56 Å². The minimum Gasteiger partial charge on any atom is -0.466 e. The Kier molecular flexibility index (Phi) is 12.4. The molecule has 0 bridgehead atoms. The Hall–Kier alpha value is -3.63. The number of esters is 2. The summed E-state index contributed by atoms with van der Waals surface area (Å²) in [5, 5.41) is 5.23. The Balaban J connectivity index is 2.92. The molecule has 1 rings (SSSR count). The Morgan fingerprint density at radius 1 is 1.03 bits per heavy atom. The highest BCUT2D eigenvalue weighted by atomic mass is 16.6. The average molecular weight is 523 g/mol. The first kappa shape index (κ1) is 29.6. The summed E-state index contributed by atoms with van der Waals surface area (Å²) in [7, 11) is 0. The van der Waals surface area contributed by atoms with Gasteiger partial charge in [0.1, 0.15) is 30.8 Å². The van der Waals surface area contributed by atoms with E-state index in [1.165, 1.54) is 0 Å². The van der Waals surface area contributed by atoms with Crippen LogP contribution in [0.25, 0.3) is 0 Å². The number of amides is 3. The molecule has 3 amide bonds. The summed E-state index contributed by atoms with van der Waals surface area (Å²) in [6.07, 6.45) is -1.10. The lowest BCUT2D eigenvalue weighted by Crippen LogP contribution is -2.55. The fourth-order valence-corrected chi connectivity index (χ4v) is 3.00. The fourth-order valence-electron chi connectivity index (χ4n) is 3.00. The molecule has 2 atom stereocenters. The van der Waals surface area contributed by atoms with Crippen molar-refractivity contribution in [3.05, 3.63) is 35.9 Å². The van der Waals surface area contributed by atoms with Crippen LogP contribution in [0.1, 0.15) is 59.9 Å². The van der Waals surface area contributed by atoms with Crippen molar-refractivity contribution in [2.75, 3.05) is 13.2 Å². The van der Waals surface area contributed by atoms with Crippen molar-refractivity contribution in [1.29, 1.82) is 0 Å². The van der Waals surface area contributed by atoms with E-state index in [9.17, 15) is 24.0 Å². The van der Waals surface area contributed by atoms with Crippen molar-refractivity contribution in [1.82, 2.24) is 15.9 Å². The van der Waals surface area contributed by atoms with Crippen LogP contribution >= 0.6 is 0 Å². The first-order chi connectivity index (χ1) is 17.7. The molecule has 0 heterocycles. The Labute approximate surface area is 219 Å². The molecule has 206 valence electrons. The third-order valence-corrected chi connectivity index (χ3v) is 4.73. The fraction of sp³-hybridized carbons (Fsp3) is 0.577.